The van der Waals surface area contributed by atoms with Crippen LogP contribution in [0.5, 0.6) is 0 Å². The molecule has 2 aromatic carbocycles. The average molecular weight is 454 g/mol. The molecule has 1 saturated carbocycles. The van der Waals surface area contributed by atoms with E-state index >= 15 is 0 Å². The molecule has 1 amide bonds. The maximum absolute atomic E-state index is 13.2. The standard InChI is InChI=1S/C26H23N5O3/c1-25(33)12-26(34,13-25)24-27-10-14(11-28-24)15-5-4-6-16-21(15)20-9-18(30-23(16)32)22-29-17-7-2-3-8-19(17)31(20)22/h2-8,10-11,18,20,33-34H,9,12-13H2,1H3,(H,30,32). The maximum atomic E-state index is 13.2. The Morgan fingerprint density at radius 3 is 2.53 bits per heavy atom. The summed E-state index contributed by atoms with van der Waals surface area (Å²) in [5, 5.41) is 24.0. The lowest BCUT2D eigenvalue weighted by Crippen LogP contribution is -2.53. The number of aliphatic hydroxyl groups is 2. The molecule has 2 bridgehead atoms. The topological polar surface area (TPSA) is 113 Å². The van der Waals surface area contributed by atoms with Crippen molar-refractivity contribution in [1.29, 1.82) is 0 Å². The lowest BCUT2D eigenvalue weighted by atomic mass is 9.68. The number of nitrogens with zero attached hydrogens (tertiary/aromatic N) is 4. The first-order chi connectivity index (χ1) is 16.3. The molecule has 4 heterocycles. The van der Waals surface area contributed by atoms with Crippen molar-refractivity contribution >= 4 is 16.9 Å². The number of amides is 1. The zero-order chi connectivity index (χ0) is 23.2. The molecule has 0 radical (unpaired) electrons. The summed E-state index contributed by atoms with van der Waals surface area (Å²) >= 11 is 0. The fraction of sp³-hybridized carbons (Fsp3) is 0.308. The molecule has 0 saturated heterocycles. The van der Waals surface area contributed by atoms with Crippen molar-refractivity contribution in [3.05, 3.63) is 77.6 Å². The van der Waals surface area contributed by atoms with Gasteiger partial charge in [-0.25, -0.2) is 15.0 Å². The van der Waals surface area contributed by atoms with Gasteiger partial charge in [-0.3, -0.25) is 4.79 Å². The van der Waals surface area contributed by atoms with Gasteiger partial charge in [-0.1, -0.05) is 24.3 Å². The highest BCUT2D eigenvalue weighted by atomic mass is 16.3. The third-order valence-electron chi connectivity index (χ3n) is 7.42. The van der Waals surface area contributed by atoms with E-state index in [1.165, 1.54) is 0 Å². The lowest BCUT2D eigenvalue weighted by molar-refractivity contribution is -0.180. The minimum absolute atomic E-state index is 0.0526. The molecule has 8 heteroatoms. The van der Waals surface area contributed by atoms with E-state index in [-0.39, 0.29) is 30.8 Å². The van der Waals surface area contributed by atoms with Crippen LogP contribution < -0.4 is 5.32 Å². The predicted molar refractivity (Wildman–Crippen MR) is 124 cm³/mol. The third-order valence-corrected chi connectivity index (χ3v) is 7.42. The second kappa shape index (κ2) is 6.49. The van der Waals surface area contributed by atoms with Crippen LogP contribution in [0, 0.1) is 0 Å². The number of carbonyl (C=O) groups is 1. The van der Waals surface area contributed by atoms with E-state index in [2.05, 4.69) is 25.9 Å². The van der Waals surface area contributed by atoms with Crippen molar-refractivity contribution in [2.75, 3.05) is 0 Å². The van der Waals surface area contributed by atoms with Gasteiger partial charge in [0.25, 0.3) is 5.91 Å². The number of rotatable bonds is 2. The molecule has 34 heavy (non-hydrogen) atoms. The molecular formula is C26H23N5O3. The first kappa shape index (κ1) is 19.8. The quantitative estimate of drug-likeness (QED) is 0.430. The summed E-state index contributed by atoms with van der Waals surface area (Å²) in [6.45, 7) is 1.70. The molecule has 8 nitrogen and oxygen atoms in total. The van der Waals surface area contributed by atoms with Gasteiger partial charge >= 0.3 is 0 Å². The van der Waals surface area contributed by atoms with E-state index in [1.54, 1.807) is 19.3 Å². The maximum Gasteiger partial charge on any atom is 0.252 e. The number of imidazole rings is 1. The van der Waals surface area contributed by atoms with Gasteiger partial charge in [-0.2, -0.15) is 0 Å². The van der Waals surface area contributed by atoms with Crippen LogP contribution in [0.4, 0.5) is 0 Å². The molecule has 2 aromatic heterocycles. The van der Waals surface area contributed by atoms with Crippen LogP contribution in [0.2, 0.25) is 0 Å². The van der Waals surface area contributed by atoms with E-state index in [0.717, 1.165) is 40.0 Å². The van der Waals surface area contributed by atoms with Gasteiger partial charge in [0.2, 0.25) is 0 Å². The second-order valence-electron chi connectivity index (χ2n) is 10.1. The molecular weight excluding hydrogens is 430 g/mol. The van der Waals surface area contributed by atoms with Crippen LogP contribution in [-0.2, 0) is 5.60 Å². The number of hydrogen-bond donors (Lipinski definition) is 3. The molecule has 7 rings (SSSR count). The summed E-state index contributed by atoms with van der Waals surface area (Å²) in [6, 6.07) is 13.6. The second-order valence-corrected chi connectivity index (χ2v) is 10.1. The summed E-state index contributed by atoms with van der Waals surface area (Å²) < 4.78 is 2.25. The first-order valence-electron chi connectivity index (χ1n) is 11.5. The molecule has 4 aromatic rings. The van der Waals surface area contributed by atoms with Crippen LogP contribution in [0.25, 0.3) is 22.2 Å². The van der Waals surface area contributed by atoms with Gasteiger partial charge in [0.05, 0.1) is 28.7 Å². The summed E-state index contributed by atoms with van der Waals surface area (Å²) in [5.74, 6) is 1.09. The molecule has 1 fully saturated rings. The third kappa shape index (κ3) is 2.66. The van der Waals surface area contributed by atoms with E-state index in [4.69, 9.17) is 4.98 Å². The zero-order valence-corrected chi connectivity index (χ0v) is 18.6. The molecule has 0 spiro atoms. The summed E-state index contributed by atoms with van der Waals surface area (Å²) in [4.78, 5) is 26.9. The lowest BCUT2D eigenvalue weighted by Gasteiger charge is -2.46. The molecule has 2 aliphatic heterocycles. The van der Waals surface area contributed by atoms with Crippen molar-refractivity contribution in [3.63, 3.8) is 0 Å². The average Bonchev–Trinajstić information content (AvgIpc) is 3.30. The minimum Gasteiger partial charge on any atom is -0.390 e. The summed E-state index contributed by atoms with van der Waals surface area (Å²) in [7, 11) is 0. The van der Waals surface area contributed by atoms with E-state index in [9.17, 15) is 15.0 Å². The fourth-order valence-electron chi connectivity index (χ4n) is 6.12. The van der Waals surface area contributed by atoms with Crippen molar-refractivity contribution in [2.45, 2.75) is 49.5 Å². The normalized spacial score (nSPS) is 29.2. The van der Waals surface area contributed by atoms with Crippen molar-refractivity contribution in [2.24, 2.45) is 0 Å². The van der Waals surface area contributed by atoms with Crippen LogP contribution in [-0.4, -0.2) is 41.2 Å². The Morgan fingerprint density at radius 2 is 1.76 bits per heavy atom. The number of carbonyl (C=O) groups excluding carboxylic acids is 1. The molecule has 1 aliphatic carbocycles. The van der Waals surface area contributed by atoms with E-state index < -0.39 is 11.2 Å². The smallest absolute Gasteiger partial charge is 0.252 e. The Balaban J connectivity index is 1.37. The number of para-hydroxylation sites is 2. The van der Waals surface area contributed by atoms with Gasteiger partial charge in [0.1, 0.15) is 11.4 Å². The van der Waals surface area contributed by atoms with Crippen LogP contribution in [0.15, 0.2) is 54.9 Å². The molecule has 170 valence electrons. The Kier molecular flexibility index (Phi) is 3.78. The van der Waals surface area contributed by atoms with Crippen molar-refractivity contribution < 1.29 is 15.0 Å². The molecule has 2 unspecified atom stereocenters. The summed E-state index contributed by atoms with van der Waals surface area (Å²) in [5.41, 5.74) is 3.11. The Labute approximate surface area is 195 Å². The minimum atomic E-state index is -1.21. The highest BCUT2D eigenvalue weighted by Crippen LogP contribution is 2.48. The van der Waals surface area contributed by atoms with Gasteiger partial charge in [0, 0.05) is 36.4 Å². The molecule has 3 N–H and O–H groups in total. The van der Waals surface area contributed by atoms with Gasteiger partial charge in [-0.15, -0.1) is 0 Å². The fourth-order valence-corrected chi connectivity index (χ4v) is 6.12. The van der Waals surface area contributed by atoms with E-state index in [0.29, 0.717) is 11.4 Å². The highest BCUT2D eigenvalue weighted by molar-refractivity contribution is 5.99. The van der Waals surface area contributed by atoms with Gasteiger partial charge in [-0.05, 0) is 42.7 Å². The predicted octanol–water partition coefficient (Wildman–Crippen LogP) is 3.00. The van der Waals surface area contributed by atoms with Crippen LogP contribution in [0.3, 0.4) is 0 Å². The number of aromatic nitrogens is 4. The van der Waals surface area contributed by atoms with Gasteiger partial charge < -0.3 is 20.1 Å². The number of hydrogen-bond acceptors (Lipinski definition) is 6. The number of fused-ring (bicyclic) bond motifs is 9. The van der Waals surface area contributed by atoms with Crippen molar-refractivity contribution in [1.82, 2.24) is 24.8 Å². The monoisotopic (exact) mass is 453 g/mol. The zero-order valence-electron chi connectivity index (χ0n) is 18.6. The number of nitrogens with one attached hydrogen (secondary N) is 1. The Hall–Kier alpha value is -3.62. The Morgan fingerprint density at radius 1 is 1.03 bits per heavy atom. The largest absolute Gasteiger partial charge is 0.390 e. The highest BCUT2D eigenvalue weighted by Gasteiger charge is 2.53. The Bertz CT molecular complexity index is 1480. The van der Waals surface area contributed by atoms with Crippen LogP contribution in [0.1, 0.15) is 65.8 Å². The molecule has 3 aliphatic rings. The molecule has 2 atom stereocenters. The van der Waals surface area contributed by atoms with Gasteiger partial charge in [0.15, 0.2) is 5.82 Å². The first-order valence-corrected chi connectivity index (χ1v) is 11.5. The van der Waals surface area contributed by atoms with E-state index in [1.807, 2.05) is 36.4 Å². The van der Waals surface area contributed by atoms with Crippen molar-refractivity contribution in [3.8, 4) is 11.1 Å². The van der Waals surface area contributed by atoms with Crippen LogP contribution >= 0.6 is 0 Å². The SMILES string of the molecule is CC1(O)CC(O)(c2ncc(-c3cccc4c3C3CC(NC4=O)c4nc5ccccc5n43)cn2)C1. The summed E-state index contributed by atoms with van der Waals surface area (Å²) in [6.07, 6.45) is 4.55. The number of benzene rings is 2.